The summed E-state index contributed by atoms with van der Waals surface area (Å²) in [5.41, 5.74) is -0.0275. The van der Waals surface area contributed by atoms with Crippen molar-refractivity contribution in [3.05, 3.63) is 70.2 Å². The first kappa shape index (κ1) is 27.0. The number of halogens is 1. The molecule has 12 heteroatoms. The lowest BCUT2D eigenvalue weighted by molar-refractivity contribution is 0.0218. The molecule has 1 saturated heterocycles. The number of amides is 1. The van der Waals surface area contributed by atoms with Crippen molar-refractivity contribution in [1.29, 1.82) is 0 Å². The molecule has 4 heterocycles. The molecule has 1 aromatic carbocycles. The summed E-state index contributed by atoms with van der Waals surface area (Å²) in [6.07, 6.45) is 2.92. The highest BCUT2D eigenvalue weighted by atomic mass is 35.5. The lowest BCUT2D eigenvalue weighted by Gasteiger charge is -2.41. The number of benzene rings is 1. The maximum absolute atomic E-state index is 13.4. The molecule has 0 radical (unpaired) electrons. The van der Waals surface area contributed by atoms with E-state index in [-0.39, 0.29) is 23.0 Å². The van der Waals surface area contributed by atoms with Crippen LogP contribution in [0.4, 0.5) is 10.6 Å². The van der Waals surface area contributed by atoms with Gasteiger partial charge in [0, 0.05) is 42.8 Å². The van der Waals surface area contributed by atoms with Gasteiger partial charge in [-0.05, 0) is 52.0 Å². The number of hydrogen-bond donors (Lipinski definition) is 1. The average molecular weight is 569 g/mol. The first-order chi connectivity index (χ1) is 18.5. The van der Waals surface area contributed by atoms with E-state index in [2.05, 4.69) is 9.97 Å². The van der Waals surface area contributed by atoms with Gasteiger partial charge in [-0.3, -0.25) is 4.79 Å². The van der Waals surface area contributed by atoms with Crippen molar-refractivity contribution in [2.75, 3.05) is 24.5 Å². The summed E-state index contributed by atoms with van der Waals surface area (Å²) in [6, 6.07) is 12.5. The predicted octanol–water partition coefficient (Wildman–Crippen LogP) is 4.46. The van der Waals surface area contributed by atoms with Crippen LogP contribution in [-0.2, 0) is 16.1 Å². The Morgan fingerprint density at radius 3 is 2.62 bits per heavy atom. The number of nitrogens with zero attached hydrogens (tertiary/aromatic N) is 5. The number of ether oxygens (including phenoxy) is 1. The molecule has 0 aliphatic carbocycles. The number of pyridine rings is 1. The van der Waals surface area contributed by atoms with Crippen LogP contribution in [0, 0.1) is 0 Å². The third kappa shape index (κ3) is 5.47. The van der Waals surface area contributed by atoms with Crippen molar-refractivity contribution in [1.82, 2.24) is 23.8 Å². The number of piperazine rings is 1. The number of nitrogens with one attached hydrogen (secondary N) is 1. The molecule has 1 fully saturated rings. The third-order valence-corrected chi connectivity index (χ3v) is 7.96. The molecule has 0 spiro atoms. The minimum absolute atomic E-state index is 0.0361. The molecule has 39 heavy (non-hydrogen) atoms. The van der Waals surface area contributed by atoms with Gasteiger partial charge in [0.05, 0.1) is 6.20 Å². The van der Waals surface area contributed by atoms with Crippen LogP contribution in [0.3, 0.4) is 0 Å². The Balaban J connectivity index is 1.51. The zero-order valence-electron chi connectivity index (χ0n) is 22.1. The van der Waals surface area contributed by atoms with E-state index in [4.69, 9.17) is 21.3 Å². The second kappa shape index (κ2) is 10.6. The molecular weight excluding hydrogens is 540 g/mol. The van der Waals surface area contributed by atoms with Crippen LogP contribution in [0.15, 0.2) is 64.5 Å². The van der Waals surface area contributed by atoms with Crippen LogP contribution in [0.5, 0.6) is 0 Å². The Morgan fingerprint density at radius 2 is 1.92 bits per heavy atom. The minimum Gasteiger partial charge on any atom is -0.587 e. The first-order valence-corrected chi connectivity index (χ1v) is 14.0. The van der Waals surface area contributed by atoms with E-state index >= 15 is 0 Å². The smallest absolute Gasteiger partial charge is 0.410 e. The highest BCUT2D eigenvalue weighted by molar-refractivity contribution is 7.90. The van der Waals surface area contributed by atoms with E-state index in [1.807, 2.05) is 56.9 Å². The first-order valence-electron chi connectivity index (χ1n) is 12.5. The number of aromatic amines is 1. The van der Waals surface area contributed by atoms with Crippen LogP contribution in [-0.4, -0.2) is 65.7 Å². The number of aromatic nitrogens is 4. The van der Waals surface area contributed by atoms with Gasteiger partial charge in [0.2, 0.25) is 0 Å². The highest BCUT2D eigenvalue weighted by Gasteiger charge is 2.32. The van der Waals surface area contributed by atoms with Crippen LogP contribution < -0.4 is 10.5 Å². The van der Waals surface area contributed by atoms with E-state index in [0.29, 0.717) is 46.9 Å². The molecule has 1 amide bonds. The topological polar surface area (TPSA) is 119 Å². The Morgan fingerprint density at radius 1 is 1.18 bits per heavy atom. The minimum atomic E-state index is -1.57. The summed E-state index contributed by atoms with van der Waals surface area (Å²) in [5, 5.41) is 0.645. The molecule has 3 aromatic heterocycles. The van der Waals surface area contributed by atoms with Crippen molar-refractivity contribution in [3.8, 4) is 11.4 Å². The van der Waals surface area contributed by atoms with Crippen LogP contribution >= 0.6 is 11.6 Å². The summed E-state index contributed by atoms with van der Waals surface area (Å²) in [4.78, 5) is 41.8. The third-order valence-electron chi connectivity index (χ3n) is 6.31. The summed E-state index contributed by atoms with van der Waals surface area (Å²) >= 11 is 4.91. The fraction of sp³-hybridized carbons (Fsp3) is 0.333. The second-order valence-corrected chi connectivity index (χ2v) is 12.1. The van der Waals surface area contributed by atoms with E-state index in [9.17, 15) is 14.1 Å². The zero-order valence-corrected chi connectivity index (χ0v) is 23.6. The summed E-state index contributed by atoms with van der Waals surface area (Å²) in [5.74, 6) is 0.601. The molecule has 5 rings (SSSR count). The molecule has 204 valence electrons. The van der Waals surface area contributed by atoms with Crippen LogP contribution in [0.25, 0.3) is 22.4 Å². The SMILES string of the molecule is CC1CN(C(=O)OC(C)(C)C)CCN1c1nc(-c2cn([S+]([O-])c3ccccc3)c3ncccc23)[nH]c(=O)c1Cl. The van der Waals surface area contributed by atoms with Crippen molar-refractivity contribution >= 4 is 45.9 Å². The average Bonchev–Trinajstić information content (AvgIpc) is 3.29. The number of anilines is 1. The van der Waals surface area contributed by atoms with Crippen LogP contribution in [0.2, 0.25) is 5.02 Å². The van der Waals surface area contributed by atoms with Crippen LogP contribution in [0.1, 0.15) is 27.7 Å². The van der Waals surface area contributed by atoms with E-state index in [0.717, 1.165) is 0 Å². The van der Waals surface area contributed by atoms with Gasteiger partial charge in [-0.2, -0.15) is 0 Å². The fourth-order valence-electron chi connectivity index (χ4n) is 4.53. The molecule has 0 saturated carbocycles. The van der Waals surface area contributed by atoms with Gasteiger partial charge >= 0.3 is 6.09 Å². The number of rotatable bonds is 4. The second-order valence-electron chi connectivity index (χ2n) is 10.3. The fourth-order valence-corrected chi connectivity index (χ4v) is 5.84. The molecule has 0 bridgehead atoms. The lowest BCUT2D eigenvalue weighted by Crippen LogP contribution is -2.55. The van der Waals surface area contributed by atoms with Gasteiger partial charge in [0.1, 0.15) is 27.8 Å². The summed E-state index contributed by atoms with van der Waals surface area (Å²) < 4.78 is 20.5. The molecule has 4 aromatic rings. The standard InChI is InChI=1S/C27H29ClN6O4S/c1-17-15-32(26(36)38-27(2,3)4)13-14-33(17)24-21(28)25(35)31-22(30-24)20-16-34(23-19(20)11-8-12-29-23)39(37)18-9-6-5-7-10-18/h5-12,16-17H,13-15H2,1-4H3,(H,30,31,35). The maximum atomic E-state index is 13.4. The number of H-pyrrole nitrogens is 1. The number of carbonyl (C=O) groups excluding carboxylic acids is 1. The quantitative estimate of drug-likeness (QED) is 0.361. The maximum Gasteiger partial charge on any atom is 0.410 e. The molecule has 1 aliphatic heterocycles. The van der Waals surface area contributed by atoms with Gasteiger partial charge in [-0.25, -0.2) is 14.8 Å². The molecule has 10 nitrogen and oxygen atoms in total. The van der Waals surface area contributed by atoms with Gasteiger partial charge in [0.25, 0.3) is 5.56 Å². The normalized spacial score (nSPS) is 16.9. The van der Waals surface area contributed by atoms with Crippen molar-refractivity contribution < 1.29 is 14.1 Å². The Hall–Kier alpha value is -3.54. The molecular formula is C27H29ClN6O4S. The van der Waals surface area contributed by atoms with E-state index in [1.54, 1.807) is 39.5 Å². The van der Waals surface area contributed by atoms with Crippen molar-refractivity contribution in [2.24, 2.45) is 0 Å². The Kier molecular flexibility index (Phi) is 7.32. The number of carbonyl (C=O) groups is 1. The number of hydrogen-bond acceptors (Lipinski definition) is 7. The zero-order chi connectivity index (χ0) is 27.9. The van der Waals surface area contributed by atoms with Gasteiger partial charge in [-0.15, -0.1) is 3.97 Å². The Bertz CT molecular complexity index is 1570. The summed E-state index contributed by atoms with van der Waals surface area (Å²) in [7, 11) is 0. The number of fused-ring (bicyclic) bond motifs is 1. The molecule has 2 unspecified atom stereocenters. The van der Waals surface area contributed by atoms with Gasteiger partial charge in [-0.1, -0.05) is 29.8 Å². The van der Waals surface area contributed by atoms with Crippen molar-refractivity contribution in [2.45, 2.75) is 44.2 Å². The lowest BCUT2D eigenvalue weighted by atomic mass is 10.2. The molecule has 1 N–H and O–H groups in total. The Labute approximate surface area is 233 Å². The van der Waals surface area contributed by atoms with Gasteiger partial charge in [0.15, 0.2) is 16.4 Å². The predicted molar refractivity (Wildman–Crippen MR) is 151 cm³/mol. The molecule has 1 aliphatic rings. The highest BCUT2D eigenvalue weighted by Crippen LogP contribution is 2.32. The van der Waals surface area contributed by atoms with Gasteiger partial charge < -0.3 is 24.1 Å². The monoisotopic (exact) mass is 568 g/mol. The molecule has 2 atom stereocenters. The summed E-state index contributed by atoms with van der Waals surface area (Å²) in [6.45, 7) is 8.61. The van der Waals surface area contributed by atoms with Crippen molar-refractivity contribution in [3.63, 3.8) is 0 Å². The van der Waals surface area contributed by atoms with E-state index in [1.165, 1.54) is 0 Å². The van der Waals surface area contributed by atoms with E-state index < -0.39 is 22.5 Å². The largest absolute Gasteiger partial charge is 0.587 e.